The number of thiazole rings is 1. The first-order valence-corrected chi connectivity index (χ1v) is 9.75. The summed E-state index contributed by atoms with van der Waals surface area (Å²) in [6.45, 7) is 4.57. The lowest BCUT2D eigenvalue weighted by atomic mass is 10.2. The number of nitrogens with zero attached hydrogens (tertiary/aromatic N) is 2. The summed E-state index contributed by atoms with van der Waals surface area (Å²) in [5.74, 6) is -2.54. The number of benzene rings is 1. The average Bonchev–Trinajstić information content (AvgIpc) is 2.99. The Kier molecular flexibility index (Phi) is 5.73. The van der Waals surface area contributed by atoms with E-state index in [4.69, 9.17) is 16.3 Å². The van der Waals surface area contributed by atoms with Crippen LogP contribution in [-0.2, 0) is 14.8 Å². The van der Waals surface area contributed by atoms with Gasteiger partial charge in [-0.2, -0.15) is 8.42 Å². The molecule has 0 saturated carbocycles. The zero-order chi connectivity index (χ0) is 19.7. The lowest BCUT2D eigenvalue weighted by Crippen LogP contribution is -2.44. The van der Waals surface area contributed by atoms with Gasteiger partial charge in [-0.15, -0.1) is 15.8 Å². The van der Waals surface area contributed by atoms with Crippen LogP contribution in [0.15, 0.2) is 27.9 Å². The minimum atomic E-state index is -4.83. The van der Waals surface area contributed by atoms with Crippen molar-refractivity contribution >= 4 is 44.9 Å². The highest BCUT2D eigenvalue weighted by Gasteiger charge is 2.36. The van der Waals surface area contributed by atoms with Crippen molar-refractivity contribution in [2.24, 2.45) is 0 Å². The van der Waals surface area contributed by atoms with Crippen LogP contribution < -0.4 is 5.43 Å². The topological polar surface area (TPSA) is 88.6 Å². The number of hydrogen-bond donors (Lipinski definition) is 1. The van der Waals surface area contributed by atoms with Gasteiger partial charge in [0.15, 0.2) is 5.82 Å². The number of carbonyl (C=O) groups excluding carboxylic acids is 1. The molecule has 1 aromatic carbocycles. The van der Waals surface area contributed by atoms with Crippen LogP contribution in [0, 0.1) is 11.6 Å². The van der Waals surface area contributed by atoms with Crippen LogP contribution in [-0.4, -0.2) is 29.5 Å². The first-order chi connectivity index (χ1) is 11.9. The number of hydrogen-bond acceptors (Lipinski definition) is 7. The Balaban J connectivity index is 2.52. The summed E-state index contributed by atoms with van der Waals surface area (Å²) >= 11 is 6.68. The van der Waals surface area contributed by atoms with Crippen molar-refractivity contribution in [3.8, 4) is 0 Å². The van der Waals surface area contributed by atoms with E-state index in [0.717, 1.165) is 11.3 Å². The third-order valence-corrected chi connectivity index (χ3v) is 5.17. The van der Waals surface area contributed by atoms with Gasteiger partial charge >= 0.3 is 6.09 Å². The van der Waals surface area contributed by atoms with Crippen molar-refractivity contribution < 1.29 is 26.7 Å². The Morgan fingerprint density at radius 1 is 1.31 bits per heavy atom. The number of aromatic nitrogens is 1. The van der Waals surface area contributed by atoms with E-state index in [1.807, 2.05) is 0 Å². The minimum absolute atomic E-state index is 0.0121. The molecule has 0 saturated heterocycles. The van der Waals surface area contributed by atoms with Gasteiger partial charge in [0, 0.05) is 11.4 Å². The SMILES string of the molecule is CC(C)(C)OC(=O)N(Nc1cscn1)S(=O)(=O)c1cc(Cl)c(F)cc1F. The second-order valence-electron chi connectivity index (χ2n) is 5.93. The van der Waals surface area contributed by atoms with E-state index >= 15 is 0 Å². The van der Waals surface area contributed by atoms with E-state index in [0.29, 0.717) is 12.1 Å². The van der Waals surface area contributed by atoms with Gasteiger partial charge in [0.1, 0.15) is 22.1 Å². The van der Waals surface area contributed by atoms with Crippen molar-refractivity contribution in [2.75, 3.05) is 5.43 Å². The van der Waals surface area contributed by atoms with E-state index in [-0.39, 0.29) is 10.2 Å². The van der Waals surface area contributed by atoms with E-state index in [1.54, 1.807) is 0 Å². The molecule has 0 atom stereocenters. The number of rotatable bonds is 4. The second-order valence-corrected chi connectivity index (χ2v) is 8.81. The molecule has 0 unspecified atom stereocenters. The minimum Gasteiger partial charge on any atom is -0.442 e. The lowest BCUT2D eigenvalue weighted by Gasteiger charge is -2.27. The van der Waals surface area contributed by atoms with Crippen LogP contribution in [0.25, 0.3) is 0 Å². The summed E-state index contributed by atoms with van der Waals surface area (Å²) in [6.07, 6.45) is -1.33. The zero-order valence-electron chi connectivity index (χ0n) is 13.8. The number of carbonyl (C=O) groups is 1. The van der Waals surface area contributed by atoms with Gasteiger partial charge in [-0.3, -0.25) is 5.43 Å². The van der Waals surface area contributed by atoms with Crippen LogP contribution in [0.4, 0.5) is 19.4 Å². The Bertz CT molecular complexity index is 915. The molecule has 12 heteroatoms. The third-order valence-electron chi connectivity index (χ3n) is 2.70. The Labute approximate surface area is 157 Å². The number of nitrogens with one attached hydrogen (secondary N) is 1. The van der Waals surface area contributed by atoms with Crippen LogP contribution in [0.3, 0.4) is 0 Å². The number of ether oxygens (including phenoxy) is 1. The molecule has 0 aliphatic heterocycles. The average molecular weight is 426 g/mol. The van der Waals surface area contributed by atoms with Gasteiger partial charge in [-0.1, -0.05) is 11.6 Å². The number of amides is 1. The summed E-state index contributed by atoms with van der Waals surface area (Å²) in [5, 5.41) is 0.795. The number of anilines is 1. The van der Waals surface area contributed by atoms with E-state index < -0.39 is 43.3 Å². The molecule has 0 aliphatic carbocycles. The van der Waals surface area contributed by atoms with E-state index in [2.05, 4.69) is 10.4 Å². The monoisotopic (exact) mass is 425 g/mol. The maximum atomic E-state index is 14.1. The summed E-state index contributed by atoms with van der Waals surface area (Å²) in [7, 11) is -4.83. The van der Waals surface area contributed by atoms with Gasteiger partial charge < -0.3 is 4.74 Å². The molecule has 2 aromatic rings. The van der Waals surface area contributed by atoms with Gasteiger partial charge in [-0.05, 0) is 26.8 Å². The Morgan fingerprint density at radius 3 is 2.50 bits per heavy atom. The fourth-order valence-electron chi connectivity index (χ4n) is 1.68. The molecule has 1 N–H and O–H groups in total. The maximum Gasteiger partial charge on any atom is 0.444 e. The van der Waals surface area contributed by atoms with Crippen molar-refractivity contribution in [2.45, 2.75) is 31.3 Å². The van der Waals surface area contributed by atoms with Crippen LogP contribution in [0.2, 0.25) is 5.02 Å². The highest BCUT2D eigenvalue weighted by molar-refractivity contribution is 7.89. The standard InChI is InChI=1S/C14H14ClF2N3O4S2/c1-14(2,3)24-13(21)20(19-12-6-25-7-18-12)26(22,23)11-4-8(15)9(16)5-10(11)17/h4-7,19H,1-3H3. The first-order valence-electron chi connectivity index (χ1n) is 6.99. The fourth-order valence-corrected chi connectivity index (χ4v) is 3.60. The predicted octanol–water partition coefficient (Wildman–Crippen LogP) is 4.03. The van der Waals surface area contributed by atoms with Gasteiger partial charge in [0.05, 0.1) is 10.5 Å². The molecule has 1 amide bonds. The summed E-state index contributed by atoms with van der Waals surface area (Å²) < 4.78 is 58.1. The molecule has 26 heavy (non-hydrogen) atoms. The van der Waals surface area contributed by atoms with Crippen molar-refractivity contribution in [3.05, 3.63) is 39.7 Å². The molecule has 0 bridgehead atoms. The van der Waals surface area contributed by atoms with Crippen LogP contribution in [0.5, 0.6) is 0 Å². The Morgan fingerprint density at radius 2 is 1.96 bits per heavy atom. The fraction of sp³-hybridized carbons (Fsp3) is 0.286. The number of halogens is 3. The molecule has 0 fully saturated rings. The summed E-state index contributed by atoms with van der Waals surface area (Å²) in [6, 6.07) is 0.882. The molecule has 2 rings (SSSR count). The first kappa shape index (κ1) is 20.3. The van der Waals surface area contributed by atoms with Crippen molar-refractivity contribution in [3.63, 3.8) is 0 Å². The molecule has 1 heterocycles. The zero-order valence-corrected chi connectivity index (χ0v) is 16.2. The largest absolute Gasteiger partial charge is 0.444 e. The van der Waals surface area contributed by atoms with Gasteiger partial charge in [-0.25, -0.2) is 18.6 Å². The summed E-state index contributed by atoms with van der Waals surface area (Å²) in [4.78, 5) is 15.2. The second kappa shape index (κ2) is 7.33. The third kappa shape index (κ3) is 4.59. The van der Waals surface area contributed by atoms with Crippen molar-refractivity contribution in [1.82, 2.24) is 9.40 Å². The molecule has 142 valence electrons. The quantitative estimate of drug-likeness (QED) is 0.587. The van der Waals surface area contributed by atoms with Gasteiger partial charge in [0.25, 0.3) is 10.0 Å². The molecule has 0 radical (unpaired) electrons. The predicted molar refractivity (Wildman–Crippen MR) is 92.4 cm³/mol. The van der Waals surface area contributed by atoms with E-state index in [9.17, 15) is 22.0 Å². The van der Waals surface area contributed by atoms with Crippen molar-refractivity contribution in [1.29, 1.82) is 0 Å². The highest BCUT2D eigenvalue weighted by atomic mass is 35.5. The molecule has 1 aromatic heterocycles. The number of sulfonamides is 1. The normalized spacial score (nSPS) is 11.9. The molecule has 0 aliphatic rings. The van der Waals surface area contributed by atoms with E-state index in [1.165, 1.54) is 31.7 Å². The molecule has 0 spiro atoms. The lowest BCUT2D eigenvalue weighted by molar-refractivity contribution is 0.0418. The van der Waals surface area contributed by atoms with Crippen LogP contribution >= 0.6 is 22.9 Å². The molecular weight excluding hydrogens is 412 g/mol. The van der Waals surface area contributed by atoms with Gasteiger partial charge in [0.2, 0.25) is 0 Å². The molecule has 7 nitrogen and oxygen atoms in total. The summed E-state index contributed by atoms with van der Waals surface area (Å²) in [5.41, 5.74) is 2.60. The number of hydrazine groups is 1. The Hall–Kier alpha value is -1.98. The molecular formula is C14H14ClF2N3O4S2. The van der Waals surface area contributed by atoms with Crippen LogP contribution in [0.1, 0.15) is 20.8 Å². The highest BCUT2D eigenvalue weighted by Crippen LogP contribution is 2.27. The smallest absolute Gasteiger partial charge is 0.442 e. The maximum absolute atomic E-state index is 14.1.